The minimum Gasteiger partial charge on any atom is -0.457 e. The van der Waals surface area contributed by atoms with E-state index in [4.69, 9.17) is 17.0 Å². The molecular weight excluding hydrogens is 432 g/mol. The summed E-state index contributed by atoms with van der Waals surface area (Å²) in [6.07, 6.45) is 4.88. The van der Waals surface area contributed by atoms with Crippen molar-refractivity contribution in [3.8, 4) is 11.5 Å². The van der Waals surface area contributed by atoms with Crippen LogP contribution < -0.4 is 15.0 Å². The van der Waals surface area contributed by atoms with Crippen LogP contribution in [0.15, 0.2) is 84.4 Å². The molecule has 1 N–H and O–H groups in total. The van der Waals surface area contributed by atoms with Gasteiger partial charge in [0.25, 0.3) is 11.8 Å². The van der Waals surface area contributed by atoms with Crippen molar-refractivity contribution in [1.82, 2.24) is 5.32 Å². The van der Waals surface area contributed by atoms with Crippen LogP contribution in [-0.4, -0.2) is 16.9 Å². The van der Waals surface area contributed by atoms with Gasteiger partial charge in [0.05, 0.1) is 5.69 Å². The zero-order chi connectivity index (χ0) is 23.2. The Bertz CT molecular complexity index is 1190. The first-order valence-electron chi connectivity index (χ1n) is 10.9. The first-order valence-corrected chi connectivity index (χ1v) is 11.3. The Kier molecular flexibility index (Phi) is 6.95. The number of carbonyl (C=O) groups is 2. The molecule has 166 valence electrons. The van der Waals surface area contributed by atoms with Crippen molar-refractivity contribution in [3.05, 3.63) is 95.6 Å². The molecule has 4 rings (SSSR count). The molecule has 0 spiro atoms. The lowest BCUT2D eigenvalue weighted by atomic mass is 10.0. The average molecular weight is 457 g/mol. The van der Waals surface area contributed by atoms with Gasteiger partial charge in [0.1, 0.15) is 17.1 Å². The third-order valence-electron chi connectivity index (χ3n) is 5.29. The first kappa shape index (κ1) is 22.4. The normalized spacial score (nSPS) is 15.0. The highest BCUT2D eigenvalue weighted by atomic mass is 32.1. The molecule has 1 fully saturated rings. The third kappa shape index (κ3) is 5.35. The van der Waals surface area contributed by atoms with Crippen LogP contribution in [0.25, 0.3) is 6.08 Å². The summed E-state index contributed by atoms with van der Waals surface area (Å²) in [4.78, 5) is 27.1. The minimum atomic E-state index is -0.500. The van der Waals surface area contributed by atoms with Gasteiger partial charge in [-0.1, -0.05) is 55.8 Å². The molecule has 1 heterocycles. The van der Waals surface area contributed by atoms with Crippen LogP contribution in [0.2, 0.25) is 0 Å². The fourth-order valence-electron chi connectivity index (χ4n) is 3.51. The van der Waals surface area contributed by atoms with Crippen molar-refractivity contribution in [3.63, 3.8) is 0 Å². The summed E-state index contributed by atoms with van der Waals surface area (Å²) in [6.45, 7) is 2.16. The molecule has 1 saturated heterocycles. The van der Waals surface area contributed by atoms with Crippen LogP contribution in [0.1, 0.15) is 30.9 Å². The summed E-state index contributed by atoms with van der Waals surface area (Å²) in [7, 11) is 0. The second kappa shape index (κ2) is 10.2. The number of aryl methyl sites for hydroxylation is 1. The van der Waals surface area contributed by atoms with Crippen molar-refractivity contribution in [2.45, 2.75) is 26.2 Å². The molecule has 1 aliphatic heterocycles. The van der Waals surface area contributed by atoms with Crippen LogP contribution in [-0.2, 0) is 16.0 Å². The van der Waals surface area contributed by atoms with Crippen molar-refractivity contribution in [2.24, 2.45) is 0 Å². The number of amides is 2. The van der Waals surface area contributed by atoms with Crippen molar-refractivity contribution in [1.29, 1.82) is 0 Å². The molecule has 0 saturated carbocycles. The Morgan fingerprint density at radius 2 is 1.58 bits per heavy atom. The molecule has 0 radical (unpaired) electrons. The Morgan fingerprint density at radius 3 is 2.24 bits per heavy atom. The van der Waals surface area contributed by atoms with Crippen LogP contribution in [0.3, 0.4) is 0 Å². The number of carbonyl (C=O) groups excluding carboxylic acids is 2. The fourth-order valence-corrected chi connectivity index (χ4v) is 3.79. The lowest BCUT2D eigenvalue weighted by Gasteiger charge is -2.29. The van der Waals surface area contributed by atoms with Gasteiger partial charge in [-0.2, -0.15) is 0 Å². The standard InChI is InChI=1S/C27H24N2O3S/c1-2-3-7-19-10-12-20(13-11-19)18-24-25(30)28-27(33)29(26(24)31)21-14-16-23(17-15-21)32-22-8-5-4-6-9-22/h4-6,8-18H,2-3,7H2,1H3,(H,28,30,33)/b24-18+. The number of benzene rings is 3. The van der Waals surface area contributed by atoms with Crippen molar-refractivity contribution < 1.29 is 14.3 Å². The highest BCUT2D eigenvalue weighted by Crippen LogP contribution is 2.27. The van der Waals surface area contributed by atoms with E-state index in [1.165, 1.54) is 10.5 Å². The van der Waals surface area contributed by atoms with Crippen LogP contribution >= 0.6 is 12.2 Å². The summed E-state index contributed by atoms with van der Waals surface area (Å²) in [5, 5.41) is 2.67. The Balaban J connectivity index is 1.54. The molecule has 1 aliphatic rings. The van der Waals surface area contributed by atoms with E-state index in [2.05, 4.69) is 12.2 Å². The van der Waals surface area contributed by atoms with E-state index in [-0.39, 0.29) is 10.7 Å². The van der Waals surface area contributed by atoms with Gasteiger partial charge in [0.2, 0.25) is 0 Å². The van der Waals surface area contributed by atoms with E-state index >= 15 is 0 Å². The first-order chi connectivity index (χ1) is 16.0. The van der Waals surface area contributed by atoms with Gasteiger partial charge in [-0.3, -0.25) is 19.8 Å². The molecule has 2 amide bonds. The number of hydrogen-bond donors (Lipinski definition) is 1. The fraction of sp³-hybridized carbons (Fsp3) is 0.148. The minimum absolute atomic E-state index is 0.0366. The predicted molar refractivity (Wildman–Crippen MR) is 134 cm³/mol. The summed E-state index contributed by atoms with van der Waals surface area (Å²) in [5.74, 6) is 0.382. The zero-order valence-corrected chi connectivity index (χ0v) is 19.1. The van der Waals surface area contributed by atoms with Crippen LogP contribution in [0.4, 0.5) is 5.69 Å². The molecule has 0 bridgehead atoms. The maximum atomic E-state index is 13.2. The van der Waals surface area contributed by atoms with Crippen LogP contribution in [0.5, 0.6) is 11.5 Å². The van der Waals surface area contributed by atoms with Gasteiger partial charge >= 0.3 is 0 Å². The van der Waals surface area contributed by atoms with Gasteiger partial charge in [-0.15, -0.1) is 0 Å². The molecule has 5 nitrogen and oxygen atoms in total. The number of anilines is 1. The second-order valence-electron chi connectivity index (χ2n) is 7.71. The quantitative estimate of drug-likeness (QED) is 0.283. The molecule has 0 aromatic heterocycles. The van der Waals surface area contributed by atoms with Crippen LogP contribution in [0, 0.1) is 0 Å². The molecule has 33 heavy (non-hydrogen) atoms. The van der Waals surface area contributed by atoms with E-state index < -0.39 is 11.8 Å². The molecule has 0 atom stereocenters. The molecular formula is C27H24N2O3S. The lowest BCUT2D eigenvalue weighted by molar-refractivity contribution is -0.122. The highest BCUT2D eigenvalue weighted by Gasteiger charge is 2.34. The molecule has 3 aromatic carbocycles. The van der Waals surface area contributed by atoms with Gasteiger partial charge < -0.3 is 4.74 Å². The second-order valence-corrected chi connectivity index (χ2v) is 8.10. The molecule has 0 unspecified atom stereocenters. The number of rotatable bonds is 7. The number of hydrogen-bond acceptors (Lipinski definition) is 4. The lowest BCUT2D eigenvalue weighted by Crippen LogP contribution is -2.54. The third-order valence-corrected chi connectivity index (χ3v) is 5.57. The monoisotopic (exact) mass is 456 g/mol. The summed E-state index contributed by atoms with van der Waals surface area (Å²) >= 11 is 5.29. The largest absolute Gasteiger partial charge is 0.457 e. The number of para-hydroxylation sites is 1. The Morgan fingerprint density at radius 1 is 0.909 bits per heavy atom. The van der Waals surface area contributed by atoms with E-state index in [0.717, 1.165) is 24.8 Å². The van der Waals surface area contributed by atoms with Gasteiger partial charge in [-0.25, -0.2) is 0 Å². The topological polar surface area (TPSA) is 58.6 Å². The van der Waals surface area contributed by atoms with E-state index in [1.807, 2.05) is 54.6 Å². The molecule has 3 aromatic rings. The summed E-state index contributed by atoms with van der Waals surface area (Å²) in [5.41, 5.74) is 2.60. The number of unbranched alkanes of at least 4 members (excludes halogenated alkanes) is 1. The van der Waals surface area contributed by atoms with Gasteiger partial charge in [0.15, 0.2) is 5.11 Å². The predicted octanol–water partition coefficient (Wildman–Crippen LogP) is 5.65. The zero-order valence-electron chi connectivity index (χ0n) is 18.3. The molecule has 6 heteroatoms. The molecule has 0 aliphatic carbocycles. The average Bonchev–Trinajstić information content (AvgIpc) is 2.83. The van der Waals surface area contributed by atoms with Crippen molar-refractivity contribution >= 4 is 40.9 Å². The maximum absolute atomic E-state index is 13.2. The number of nitrogens with zero attached hydrogens (tertiary/aromatic N) is 1. The van der Waals surface area contributed by atoms with E-state index in [0.29, 0.717) is 17.2 Å². The summed E-state index contributed by atoms with van der Waals surface area (Å²) in [6, 6.07) is 24.3. The van der Waals surface area contributed by atoms with Gasteiger partial charge in [-0.05, 0) is 78.7 Å². The summed E-state index contributed by atoms with van der Waals surface area (Å²) < 4.78 is 5.81. The Hall–Kier alpha value is -3.77. The van der Waals surface area contributed by atoms with E-state index in [9.17, 15) is 9.59 Å². The van der Waals surface area contributed by atoms with E-state index in [1.54, 1.807) is 30.3 Å². The smallest absolute Gasteiger partial charge is 0.270 e. The highest BCUT2D eigenvalue weighted by molar-refractivity contribution is 7.80. The number of nitrogens with one attached hydrogen (secondary N) is 1. The maximum Gasteiger partial charge on any atom is 0.270 e. The SMILES string of the molecule is CCCCc1ccc(/C=C2\C(=O)NC(=S)N(c3ccc(Oc4ccccc4)cc3)C2=O)cc1. The van der Waals surface area contributed by atoms with Gasteiger partial charge in [0, 0.05) is 0 Å². The number of ether oxygens (including phenoxy) is 1. The number of thiocarbonyl (C=S) groups is 1. The Labute approximate surface area is 198 Å². The van der Waals surface area contributed by atoms with Crippen molar-refractivity contribution in [2.75, 3.05) is 4.90 Å².